The monoisotopic (exact) mass is 239 g/mol. The van der Waals surface area contributed by atoms with Crippen molar-refractivity contribution in [3.63, 3.8) is 0 Å². The molecule has 0 aliphatic carbocycles. The number of hydrogen-bond acceptors (Lipinski definition) is 3. The zero-order chi connectivity index (χ0) is 12.9. The fraction of sp³-hybridized carbons (Fsp3) is 0.667. The number of nitrogens with one attached hydrogen (secondary N) is 1. The number of amides is 1. The van der Waals surface area contributed by atoms with Crippen molar-refractivity contribution in [1.29, 1.82) is 0 Å². The summed E-state index contributed by atoms with van der Waals surface area (Å²) in [6, 6.07) is 0. The van der Waals surface area contributed by atoms with Gasteiger partial charge in [0.2, 0.25) is 0 Å². The smallest absolute Gasteiger partial charge is 0.407 e. The molecule has 5 heteroatoms. The van der Waals surface area contributed by atoms with E-state index in [0.29, 0.717) is 13.1 Å². The summed E-state index contributed by atoms with van der Waals surface area (Å²) in [6.45, 7) is 8.77. The van der Waals surface area contributed by atoms with Gasteiger partial charge < -0.3 is 10.1 Å². The first-order valence-corrected chi connectivity index (χ1v) is 5.89. The second kappa shape index (κ2) is 5.70. The van der Waals surface area contributed by atoms with E-state index in [-0.39, 0.29) is 6.09 Å². The third kappa shape index (κ3) is 5.38. The zero-order valence-electron chi connectivity index (χ0n) is 11.0. The maximum absolute atomic E-state index is 11.3. The van der Waals surface area contributed by atoms with Gasteiger partial charge in [0.25, 0.3) is 0 Å². The first-order valence-electron chi connectivity index (χ1n) is 5.89. The standard InChI is InChI=1S/C12H21N3O2/c1-5-10-8-14-15(9-10)7-6-13-11(16)17-12(2,3)4/h8-9H,5-7H2,1-4H3,(H,13,16). The minimum atomic E-state index is -0.453. The average Bonchev–Trinajstić information content (AvgIpc) is 2.63. The van der Waals surface area contributed by atoms with Crippen LogP contribution in [0.5, 0.6) is 0 Å². The summed E-state index contributed by atoms with van der Waals surface area (Å²) < 4.78 is 6.94. The Kier molecular flexibility index (Phi) is 4.54. The third-order valence-electron chi connectivity index (χ3n) is 2.10. The highest BCUT2D eigenvalue weighted by atomic mass is 16.6. The Labute approximate surface area is 102 Å². The Bertz CT molecular complexity index is 366. The fourth-order valence-corrected chi connectivity index (χ4v) is 1.30. The van der Waals surface area contributed by atoms with Crippen LogP contribution in [-0.4, -0.2) is 28.0 Å². The van der Waals surface area contributed by atoms with Gasteiger partial charge in [0.05, 0.1) is 12.7 Å². The van der Waals surface area contributed by atoms with Gasteiger partial charge in [-0.1, -0.05) is 6.92 Å². The van der Waals surface area contributed by atoms with E-state index in [2.05, 4.69) is 17.3 Å². The van der Waals surface area contributed by atoms with Gasteiger partial charge in [0.1, 0.15) is 5.60 Å². The normalized spacial score (nSPS) is 11.3. The van der Waals surface area contributed by atoms with Crippen molar-refractivity contribution in [3.8, 4) is 0 Å². The summed E-state index contributed by atoms with van der Waals surface area (Å²) in [5.41, 5.74) is 0.743. The predicted octanol–water partition coefficient (Wildman–Crippen LogP) is 1.97. The molecule has 1 amide bonds. The summed E-state index contributed by atoms with van der Waals surface area (Å²) in [5.74, 6) is 0. The average molecular weight is 239 g/mol. The van der Waals surface area contributed by atoms with Crippen molar-refractivity contribution >= 4 is 6.09 Å². The van der Waals surface area contributed by atoms with Crippen LogP contribution in [0.15, 0.2) is 12.4 Å². The molecule has 1 N–H and O–H groups in total. The van der Waals surface area contributed by atoms with E-state index in [1.54, 1.807) is 0 Å². The van der Waals surface area contributed by atoms with E-state index in [4.69, 9.17) is 4.74 Å². The van der Waals surface area contributed by atoms with Crippen LogP contribution in [0.4, 0.5) is 4.79 Å². The summed E-state index contributed by atoms with van der Waals surface area (Å²) in [7, 11) is 0. The number of alkyl carbamates (subject to hydrolysis) is 1. The SMILES string of the molecule is CCc1cnn(CCNC(=O)OC(C)(C)C)c1. The largest absolute Gasteiger partial charge is 0.444 e. The first kappa shape index (κ1) is 13.5. The van der Waals surface area contributed by atoms with Crippen molar-refractivity contribution < 1.29 is 9.53 Å². The molecule has 1 rings (SSSR count). The maximum Gasteiger partial charge on any atom is 0.407 e. The lowest BCUT2D eigenvalue weighted by atomic mass is 10.2. The molecule has 0 saturated heterocycles. The molecule has 1 aromatic rings. The number of carbonyl (C=O) groups excluding carboxylic acids is 1. The zero-order valence-corrected chi connectivity index (χ0v) is 11.0. The van der Waals surface area contributed by atoms with E-state index in [0.717, 1.165) is 6.42 Å². The molecule has 0 aliphatic heterocycles. The quantitative estimate of drug-likeness (QED) is 0.874. The minimum Gasteiger partial charge on any atom is -0.444 e. The first-order chi connectivity index (χ1) is 7.90. The molecule has 0 unspecified atom stereocenters. The van der Waals surface area contributed by atoms with Crippen LogP contribution in [0.1, 0.15) is 33.3 Å². The Balaban J connectivity index is 2.26. The van der Waals surface area contributed by atoms with Crippen molar-refractivity contribution in [2.75, 3.05) is 6.54 Å². The number of hydrogen-bond donors (Lipinski definition) is 1. The summed E-state index contributed by atoms with van der Waals surface area (Å²) >= 11 is 0. The molecule has 0 bridgehead atoms. The van der Waals surface area contributed by atoms with Crippen LogP contribution in [-0.2, 0) is 17.7 Å². The van der Waals surface area contributed by atoms with Crippen molar-refractivity contribution in [2.24, 2.45) is 0 Å². The Hall–Kier alpha value is -1.52. The number of aromatic nitrogens is 2. The molecule has 0 spiro atoms. The molecule has 96 valence electrons. The van der Waals surface area contributed by atoms with Crippen LogP contribution < -0.4 is 5.32 Å². The van der Waals surface area contributed by atoms with Gasteiger partial charge in [-0.25, -0.2) is 4.79 Å². The Morgan fingerprint density at radius 1 is 1.53 bits per heavy atom. The second-order valence-electron chi connectivity index (χ2n) is 4.89. The Morgan fingerprint density at radius 2 is 2.24 bits per heavy atom. The highest BCUT2D eigenvalue weighted by molar-refractivity contribution is 5.67. The van der Waals surface area contributed by atoms with E-state index < -0.39 is 5.60 Å². The number of rotatable bonds is 4. The van der Waals surface area contributed by atoms with Crippen molar-refractivity contribution in [2.45, 2.75) is 46.3 Å². The predicted molar refractivity (Wildman–Crippen MR) is 65.8 cm³/mol. The van der Waals surface area contributed by atoms with Crippen LogP contribution in [0.2, 0.25) is 0 Å². The van der Waals surface area contributed by atoms with E-state index >= 15 is 0 Å². The van der Waals surface area contributed by atoms with Gasteiger partial charge >= 0.3 is 6.09 Å². The van der Waals surface area contributed by atoms with Crippen LogP contribution in [0.25, 0.3) is 0 Å². The van der Waals surface area contributed by atoms with Crippen LogP contribution in [0.3, 0.4) is 0 Å². The molecule has 0 aliphatic rings. The summed E-state index contributed by atoms with van der Waals surface area (Å²) in [6.07, 6.45) is 4.41. The van der Waals surface area contributed by atoms with Gasteiger partial charge in [-0.05, 0) is 32.8 Å². The summed E-state index contributed by atoms with van der Waals surface area (Å²) in [4.78, 5) is 11.3. The van der Waals surface area contributed by atoms with Gasteiger partial charge in [0.15, 0.2) is 0 Å². The minimum absolute atomic E-state index is 0.389. The molecule has 5 nitrogen and oxygen atoms in total. The highest BCUT2D eigenvalue weighted by Gasteiger charge is 2.15. The van der Waals surface area contributed by atoms with Gasteiger partial charge in [0, 0.05) is 12.7 Å². The maximum atomic E-state index is 11.3. The highest BCUT2D eigenvalue weighted by Crippen LogP contribution is 2.06. The lowest BCUT2D eigenvalue weighted by Gasteiger charge is -2.19. The molecule has 0 aromatic carbocycles. The molecule has 0 radical (unpaired) electrons. The number of aryl methyl sites for hydroxylation is 1. The molecule has 0 saturated carbocycles. The summed E-state index contributed by atoms with van der Waals surface area (Å²) in [5, 5.41) is 6.88. The van der Waals surface area contributed by atoms with Crippen molar-refractivity contribution in [1.82, 2.24) is 15.1 Å². The lowest BCUT2D eigenvalue weighted by Crippen LogP contribution is -2.34. The fourth-order valence-electron chi connectivity index (χ4n) is 1.30. The van der Waals surface area contributed by atoms with E-state index in [1.165, 1.54) is 5.56 Å². The van der Waals surface area contributed by atoms with E-state index in [1.807, 2.05) is 37.8 Å². The van der Waals surface area contributed by atoms with Gasteiger partial charge in [-0.2, -0.15) is 5.10 Å². The molecule has 0 atom stereocenters. The number of carbonyl (C=O) groups is 1. The molecule has 17 heavy (non-hydrogen) atoms. The molecular weight excluding hydrogens is 218 g/mol. The molecular formula is C12H21N3O2. The van der Waals surface area contributed by atoms with Crippen LogP contribution in [0, 0.1) is 0 Å². The second-order valence-corrected chi connectivity index (χ2v) is 4.89. The molecule has 1 aromatic heterocycles. The topological polar surface area (TPSA) is 56.2 Å². The van der Waals surface area contributed by atoms with Crippen molar-refractivity contribution in [3.05, 3.63) is 18.0 Å². The van der Waals surface area contributed by atoms with E-state index in [9.17, 15) is 4.79 Å². The Morgan fingerprint density at radius 3 is 2.76 bits per heavy atom. The van der Waals surface area contributed by atoms with Gasteiger partial charge in [-0.15, -0.1) is 0 Å². The lowest BCUT2D eigenvalue weighted by molar-refractivity contribution is 0.0525. The molecule has 0 fully saturated rings. The molecule has 1 heterocycles. The third-order valence-corrected chi connectivity index (χ3v) is 2.10. The number of ether oxygens (including phenoxy) is 1. The van der Waals surface area contributed by atoms with Gasteiger partial charge in [-0.3, -0.25) is 4.68 Å². The van der Waals surface area contributed by atoms with Crippen LogP contribution >= 0.6 is 0 Å². The number of nitrogens with zero attached hydrogens (tertiary/aromatic N) is 2.